The number of nitrogens with zero attached hydrogens (tertiary/aromatic N) is 2. The molecule has 0 fully saturated rings. The third-order valence-corrected chi connectivity index (χ3v) is 7.09. The van der Waals surface area contributed by atoms with Crippen LogP contribution in [0.2, 0.25) is 10.0 Å². The molecule has 0 aromatic heterocycles. The molecule has 0 bridgehead atoms. The molecule has 0 aliphatic rings. The van der Waals surface area contributed by atoms with Gasteiger partial charge in [-0.2, -0.15) is 0 Å². The van der Waals surface area contributed by atoms with Gasteiger partial charge in [0.05, 0.1) is 29.1 Å². The molecule has 8 nitrogen and oxygen atoms in total. The lowest BCUT2D eigenvalue weighted by Gasteiger charge is -2.31. The Bertz CT molecular complexity index is 1160. The van der Waals surface area contributed by atoms with Gasteiger partial charge in [0.15, 0.2) is 0 Å². The molecule has 2 aromatic carbocycles. The Balaban J connectivity index is 2.40. The molecule has 11 heteroatoms. The quantitative estimate of drug-likeness (QED) is 0.462. The number of rotatable bonds is 11. The fourth-order valence-corrected chi connectivity index (χ4v) is 4.39. The van der Waals surface area contributed by atoms with Gasteiger partial charge in [-0.25, -0.2) is 8.42 Å². The lowest BCUT2D eigenvalue weighted by atomic mass is 10.1. The van der Waals surface area contributed by atoms with Crippen LogP contribution in [0.25, 0.3) is 0 Å². The molecular weight excluding hydrogens is 513 g/mol. The van der Waals surface area contributed by atoms with Crippen LogP contribution < -0.4 is 14.4 Å². The number of halogens is 2. The Hall–Kier alpha value is -2.49. The van der Waals surface area contributed by atoms with E-state index in [2.05, 4.69) is 5.32 Å². The second-order valence-electron chi connectivity index (χ2n) is 8.56. The fourth-order valence-electron chi connectivity index (χ4n) is 3.26. The maximum absolute atomic E-state index is 13.5. The Morgan fingerprint density at radius 1 is 1.06 bits per heavy atom. The molecule has 0 saturated carbocycles. The summed E-state index contributed by atoms with van der Waals surface area (Å²) < 4.78 is 31.4. The highest BCUT2D eigenvalue weighted by Gasteiger charge is 2.30. The maximum Gasteiger partial charge on any atom is 0.244 e. The van der Waals surface area contributed by atoms with E-state index in [4.69, 9.17) is 27.9 Å². The summed E-state index contributed by atoms with van der Waals surface area (Å²) in [5, 5.41) is 3.24. The summed E-state index contributed by atoms with van der Waals surface area (Å²) in [5.74, 6) is -0.0728. The molecule has 0 saturated heterocycles. The average molecular weight is 545 g/mol. The lowest BCUT2D eigenvalue weighted by molar-refractivity contribution is -0.139. The van der Waals surface area contributed by atoms with Crippen molar-refractivity contribution in [2.45, 2.75) is 33.4 Å². The average Bonchev–Trinajstić information content (AvgIpc) is 2.80. The van der Waals surface area contributed by atoms with Gasteiger partial charge in [0.1, 0.15) is 18.3 Å². The third kappa shape index (κ3) is 8.30. The largest absolute Gasteiger partial charge is 0.497 e. The molecule has 192 valence electrons. The van der Waals surface area contributed by atoms with Crippen molar-refractivity contribution in [3.8, 4) is 5.75 Å². The highest BCUT2D eigenvalue weighted by Crippen LogP contribution is 2.28. The van der Waals surface area contributed by atoms with E-state index < -0.39 is 28.5 Å². The summed E-state index contributed by atoms with van der Waals surface area (Å²) in [6.45, 7) is 5.53. The van der Waals surface area contributed by atoms with Crippen molar-refractivity contribution in [2.24, 2.45) is 5.92 Å². The number of ether oxygens (including phenoxy) is 1. The van der Waals surface area contributed by atoms with Gasteiger partial charge in [-0.3, -0.25) is 13.9 Å². The number of benzene rings is 2. The van der Waals surface area contributed by atoms with Crippen LogP contribution in [0.1, 0.15) is 26.3 Å². The van der Waals surface area contributed by atoms with Crippen molar-refractivity contribution in [3.63, 3.8) is 0 Å². The molecule has 1 N–H and O–H groups in total. The SMILES string of the molecule is COc1cccc(CN(C(=O)CN(c2ccc(Cl)c(Cl)c2)S(C)(=O)=O)[C@@H](C)C(=O)NCC(C)C)c1. The standard InChI is InChI=1S/C24H31Cl2N3O5S/c1-16(2)13-27-24(31)17(3)28(14-18-7-6-8-20(11-18)34-4)23(30)15-29(35(5,32)33)19-9-10-21(25)22(26)12-19/h6-12,16-17H,13-15H2,1-5H3,(H,27,31)/t17-/m0/s1. The molecule has 0 radical (unpaired) electrons. The maximum atomic E-state index is 13.5. The molecule has 0 spiro atoms. The topological polar surface area (TPSA) is 96.0 Å². The van der Waals surface area contributed by atoms with Crippen LogP contribution in [0.4, 0.5) is 5.69 Å². The normalized spacial score (nSPS) is 12.2. The number of carbonyl (C=O) groups excluding carboxylic acids is 2. The van der Waals surface area contributed by atoms with Gasteiger partial charge in [0.25, 0.3) is 0 Å². The minimum Gasteiger partial charge on any atom is -0.497 e. The summed E-state index contributed by atoms with van der Waals surface area (Å²) in [7, 11) is -2.33. The van der Waals surface area contributed by atoms with Gasteiger partial charge in [0, 0.05) is 13.1 Å². The zero-order valence-corrected chi connectivity index (χ0v) is 22.7. The first-order valence-electron chi connectivity index (χ1n) is 11.0. The molecule has 0 aliphatic heterocycles. The van der Waals surface area contributed by atoms with Crippen molar-refractivity contribution < 1.29 is 22.7 Å². The van der Waals surface area contributed by atoms with Gasteiger partial charge in [-0.05, 0) is 48.7 Å². The molecule has 2 aromatic rings. The van der Waals surface area contributed by atoms with Gasteiger partial charge in [-0.1, -0.05) is 49.2 Å². The molecule has 35 heavy (non-hydrogen) atoms. The van der Waals surface area contributed by atoms with Crippen molar-refractivity contribution in [2.75, 3.05) is 30.8 Å². The fraction of sp³-hybridized carbons (Fsp3) is 0.417. The zero-order chi connectivity index (χ0) is 26.3. The molecule has 1 atom stereocenters. The van der Waals surface area contributed by atoms with Gasteiger partial charge in [-0.15, -0.1) is 0 Å². The Kier molecular flexibility index (Phi) is 10.2. The van der Waals surface area contributed by atoms with Crippen LogP contribution >= 0.6 is 23.2 Å². The third-order valence-electron chi connectivity index (χ3n) is 5.21. The minimum atomic E-state index is -3.86. The predicted octanol–water partition coefficient (Wildman–Crippen LogP) is 3.96. The first-order chi connectivity index (χ1) is 16.3. The monoisotopic (exact) mass is 543 g/mol. The van der Waals surface area contributed by atoms with Crippen molar-refractivity contribution in [1.82, 2.24) is 10.2 Å². The van der Waals surface area contributed by atoms with Crippen LogP contribution in [-0.4, -0.2) is 57.6 Å². The van der Waals surface area contributed by atoms with E-state index in [1.54, 1.807) is 31.2 Å². The molecule has 0 heterocycles. The number of hydrogen-bond donors (Lipinski definition) is 1. The number of nitrogens with one attached hydrogen (secondary N) is 1. The zero-order valence-electron chi connectivity index (χ0n) is 20.4. The number of methoxy groups -OCH3 is 1. The van der Waals surface area contributed by atoms with E-state index in [0.717, 1.165) is 16.1 Å². The summed E-state index contributed by atoms with van der Waals surface area (Å²) in [6.07, 6.45) is 0.994. The first kappa shape index (κ1) is 28.7. The van der Waals surface area contributed by atoms with E-state index in [1.807, 2.05) is 13.8 Å². The molecule has 2 rings (SSSR count). The van der Waals surface area contributed by atoms with Crippen molar-refractivity contribution >= 4 is 50.7 Å². The smallest absolute Gasteiger partial charge is 0.244 e. The molecule has 0 unspecified atom stereocenters. The Labute approximate surface area is 217 Å². The second kappa shape index (κ2) is 12.5. The molecule has 0 aliphatic carbocycles. The number of sulfonamides is 1. The van der Waals surface area contributed by atoms with Gasteiger partial charge < -0.3 is 15.0 Å². The molecular formula is C24H31Cl2N3O5S. The predicted molar refractivity (Wildman–Crippen MR) is 140 cm³/mol. The summed E-state index contributed by atoms with van der Waals surface area (Å²) in [4.78, 5) is 27.7. The molecule has 2 amide bonds. The van der Waals surface area contributed by atoms with Crippen LogP contribution in [-0.2, 0) is 26.2 Å². The number of anilines is 1. The van der Waals surface area contributed by atoms with E-state index in [-0.39, 0.29) is 34.1 Å². The minimum absolute atomic E-state index is 0.0747. The lowest BCUT2D eigenvalue weighted by Crippen LogP contribution is -2.51. The van der Waals surface area contributed by atoms with Crippen molar-refractivity contribution in [3.05, 3.63) is 58.1 Å². The van der Waals surface area contributed by atoms with E-state index >= 15 is 0 Å². The summed E-state index contributed by atoms with van der Waals surface area (Å²) >= 11 is 12.1. The second-order valence-corrected chi connectivity index (χ2v) is 11.3. The highest BCUT2D eigenvalue weighted by atomic mass is 35.5. The van der Waals surface area contributed by atoms with Crippen LogP contribution in [0.15, 0.2) is 42.5 Å². The van der Waals surface area contributed by atoms with Crippen molar-refractivity contribution in [1.29, 1.82) is 0 Å². The Morgan fingerprint density at radius 3 is 2.31 bits per heavy atom. The van der Waals surface area contributed by atoms with E-state index in [0.29, 0.717) is 12.3 Å². The summed E-state index contributed by atoms with van der Waals surface area (Å²) in [6, 6.07) is 10.5. The van der Waals surface area contributed by atoms with Gasteiger partial charge in [0.2, 0.25) is 21.8 Å². The summed E-state index contributed by atoms with van der Waals surface area (Å²) in [5.41, 5.74) is 0.912. The van der Waals surface area contributed by atoms with Crippen LogP contribution in [0.5, 0.6) is 5.75 Å². The van der Waals surface area contributed by atoms with Crippen LogP contribution in [0, 0.1) is 5.92 Å². The number of hydrogen-bond acceptors (Lipinski definition) is 5. The highest BCUT2D eigenvalue weighted by molar-refractivity contribution is 7.92. The van der Waals surface area contributed by atoms with E-state index in [9.17, 15) is 18.0 Å². The first-order valence-corrected chi connectivity index (χ1v) is 13.6. The van der Waals surface area contributed by atoms with Gasteiger partial charge >= 0.3 is 0 Å². The Morgan fingerprint density at radius 2 is 1.74 bits per heavy atom. The van der Waals surface area contributed by atoms with E-state index in [1.165, 1.54) is 30.2 Å². The van der Waals surface area contributed by atoms with Crippen LogP contribution in [0.3, 0.4) is 0 Å². The number of carbonyl (C=O) groups is 2. The number of amides is 2.